The van der Waals surface area contributed by atoms with Crippen LogP contribution in [0.4, 0.5) is 5.13 Å². The van der Waals surface area contributed by atoms with E-state index in [2.05, 4.69) is 20.5 Å². The molecule has 0 radical (unpaired) electrons. The van der Waals surface area contributed by atoms with Gasteiger partial charge in [-0.1, -0.05) is 11.3 Å². The SMILES string of the molecule is CCOc1ccc2nc(NCc3cccnn3)sc2c1. The summed E-state index contributed by atoms with van der Waals surface area (Å²) in [7, 11) is 0. The number of thiazole rings is 1. The molecule has 6 heteroatoms. The Hall–Kier alpha value is -2.21. The molecule has 0 saturated carbocycles. The zero-order chi connectivity index (χ0) is 13.8. The molecule has 5 nitrogen and oxygen atoms in total. The van der Waals surface area contributed by atoms with E-state index >= 15 is 0 Å². The number of ether oxygens (including phenoxy) is 1. The average molecular weight is 286 g/mol. The zero-order valence-electron chi connectivity index (χ0n) is 11.0. The first kappa shape index (κ1) is 12.8. The van der Waals surface area contributed by atoms with Gasteiger partial charge in [0.25, 0.3) is 0 Å². The molecule has 0 spiro atoms. The van der Waals surface area contributed by atoms with Crippen molar-refractivity contribution in [3.8, 4) is 5.75 Å². The maximum Gasteiger partial charge on any atom is 0.184 e. The third kappa shape index (κ3) is 2.85. The summed E-state index contributed by atoms with van der Waals surface area (Å²) in [4.78, 5) is 4.53. The van der Waals surface area contributed by atoms with E-state index in [9.17, 15) is 0 Å². The first-order valence-corrected chi connectivity index (χ1v) is 7.20. The Kier molecular flexibility index (Phi) is 3.73. The minimum Gasteiger partial charge on any atom is -0.494 e. The Bertz CT molecular complexity index is 699. The van der Waals surface area contributed by atoms with E-state index < -0.39 is 0 Å². The summed E-state index contributed by atoms with van der Waals surface area (Å²) in [6.45, 7) is 3.26. The van der Waals surface area contributed by atoms with Gasteiger partial charge in [-0.15, -0.1) is 0 Å². The summed E-state index contributed by atoms with van der Waals surface area (Å²) in [5.41, 5.74) is 1.86. The molecule has 0 aliphatic heterocycles. The summed E-state index contributed by atoms with van der Waals surface area (Å²) in [6, 6.07) is 9.74. The summed E-state index contributed by atoms with van der Waals surface area (Å²) < 4.78 is 6.60. The van der Waals surface area contributed by atoms with Crippen molar-refractivity contribution in [2.45, 2.75) is 13.5 Å². The molecular weight excluding hydrogens is 272 g/mol. The van der Waals surface area contributed by atoms with Crippen LogP contribution in [0.5, 0.6) is 5.75 Å². The minimum atomic E-state index is 0.617. The Morgan fingerprint density at radius 1 is 1.30 bits per heavy atom. The lowest BCUT2D eigenvalue weighted by atomic mass is 10.3. The number of fused-ring (bicyclic) bond motifs is 1. The molecule has 0 aliphatic rings. The third-order valence-electron chi connectivity index (χ3n) is 2.72. The molecule has 3 rings (SSSR count). The lowest BCUT2D eigenvalue weighted by Crippen LogP contribution is -2.01. The van der Waals surface area contributed by atoms with Crippen LogP contribution in [0.15, 0.2) is 36.5 Å². The molecule has 0 bridgehead atoms. The fraction of sp³-hybridized carbons (Fsp3) is 0.214. The number of nitrogens with zero attached hydrogens (tertiary/aromatic N) is 3. The van der Waals surface area contributed by atoms with Gasteiger partial charge in [-0.05, 0) is 37.3 Å². The largest absolute Gasteiger partial charge is 0.494 e. The molecule has 1 N–H and O–H groups in total. The molecule has 2 aromatic heterocycles. The van der Waals surface area contributed by atoms with Gasteiger partial charge in [-0.25, -0.2) is 4.98 Å². The second-order valence-corrected chi connectivity index (χ2v) is 5.18. The number of aromatic nitrogens is 3. The summed E-state index contributed by atoms with van der Waals surface area (Å²) in [5.74, 6) is 0.879. The van der Waals surface area contributed by atoms with E-state index in [-0.39, 0.29) is 0 Å². The summed E-state index contributed by atoms with van der Waals surface area (Å²) >= 11 is 1.61. The predicted molar refractivity (Wildman–Crippen MR) is 80.1 cm³/mol. The van der Waals surface area contributed by atoms with Crippen LogP contribution in [-0.2, 0) is 6.54 Å². The highest BCUT2D eigenvalue weighted by Gasteiger charge is 2.05. The topological polar surface area (TPSA) is 59.9 Å². The van der Waals surface area contributed by atoms with Crippen LogP contribution in [0.1, 0.15) is 12.6 Å². The molecule has 20 heavy (non-hydrogen) atoms. The van der Waals surface area contributed by atoms with Gasteiger partial charge in [0, 0.05) is 6.20 Å². The van der Waals surface area contributed by atoms with Crippen molar-refractivity contribution >= 4 is 26.7 Å². The first-order valence-electron chi connectivity index (χ1n) is 6.39. The van der Waals surface area contributed by atoms with Crippen molar-refractivity contribution in [3.63, 3.8) is 0 Å². The quantitative estimate of drug-likeness (QED) is 0.781. The maximum atomic E-state index is 5.49. The van der Waals surface area contributed by atoms with Gasteiger partial charge >= 0.3 is 0 Å². The highest BCUT2D eigenvalue weighted by Crippen LogP contribution is 2.29. The van der Waals surface area contributed by atoms with Crippen molar-refractivity contribution in [3.05, 3.63) is 42.2 Å². The monoisotopic (exact) mass is 286 g/mol. The van der Waals surface area contributed by atoms with E-state index in [0.717, 1.165) is 26.8 Å². The Morgan fingerprint density at radius 3 is 3.05 bits per heavy atom. The second kappa shape index (κ2) is 5.83. The zero-order valence-corrected chi connectivity index (χ0v) is 11.9. The fourth-order valence-corrected chi connectivity index (χ4v) is 2.72. The number of anilines is 1. The Morgan fingerprint density at radius 2 is 2.25 bits per heavy atom. The van der Waals surface area contributed by atoms with Crippen LogP contribution in [0, 0.1) is 0 Å². The molecule has 0 aliphatic carbocycles. The Labute approximate surface area is 120 Å². The van der Waals surface area contributed by atoms with E-state index in [1.54, 1.807) is 17.5 Å². The molecule has 0 fully saturated rings. The highest BCUT2D eigenvalue weighted by atomic mass is 32.1. The van der Waals surface area contributed by atoms with E-state index in [1.165, 1.54) is 0 Å². The second-order valence-electron chi connectivity index (χ2n) is 4.15. The van der Waals surface area contributed by atoms with Crippen LogP contribution in [0.3, 0.4) is 0 Å². The highest BCUT2D eigenvalue weighted by molar-refractivity contribution is 7.22. The van der Waals surface area contributed by atoms with E-state index in [0.29, 0.717) is 13.2 Å². The summed E-state index contributed by atoms with van der Waals surface area (Å²) in [6.07, 6.45) is 1.66. The van der Waals surface area contributed by atoms with Crippen molar-refractivity contribution in [2.24, 2.45) is 0 Å². The molecule has 0 atom stereocenters. The van der Waals surface area contributed by atoms with E-state index in [1.807, 2.05) is 37.3 Å². The van der Waals surface area contributed by atoms with Gasteiger partial charge in [0.05, 0.1) is 29.1 Å². The molecule has 102 valence electrons. The van der Waals surface area contributed by atoms with Crippen molar-refractivity contribution in [2.75, 3.05) is 11.9 Å². The van der Waals surface area contributed by atoms with Crippen LogP contribution in [0.25, 0.3) is 10.2 Å². The normalized spacial score (nSPS) is 10.7. The molecule has 1 aromatic carbocycles. The molecular formula is C14H14N4OS. The van der Waals surface area contributed by atoms with Gasteiger partial charge in [0.15, 0.2) is 5.13 Å². The van der Waals surface area contributed by atoms with Crippen LogP contribution >= 0.6 is 11.3 Å². The number of hydrogen-bond acceptors (Lipinski definition) is 6. The van der Waals surface area contributed by atoms with Crippen LogP contribution in [-0.4, -0.2) is 21.8 Å². The fourth-order valence-electron chi connectivity index (χ4n) is 1.83. The molecule has 0 amide bonds. The lowest BCUT2D eigenvalue weighted by molar-refractivity contribution is 0.341. The maximum absolute atomic E-state index is 5.49. The number of nitrogens with one attached hydrogen (secondary N) is 1. The van der Waals surface area contributed by atoms with Crippen molar-refractivity contribution in [1.29, 1.82) is 0 Å². The average Bonchev–Trinajstić information content (AvgIpc) is 2.89. The molecule has 2 heterocycles. The van der Waals surface area contributed by atoms with Gasteiger partial charge in [-0.2, -0.15) is 10.2 Å². The number of benzene rings is 1. The van der Waals surface area contributed by atoms with E-state index in [4.69, 9.17) is 4.74 Å². The number of rotatable bonds is 5. The third-order valence-corrected chi connectivity index (χ3v) is 3.70. The smallest absolute Gasteiger partial charge is 0.184 e. The standard InChI is InChI=1S/C14H14N4OS/c1-2-19-11-5-6-12-13(8-11)20-14(17-12)15-9-10-4-3-7-16-18-10/h3-8H,2,9H2,1H3,(H,15,17). The Balaban J connectivity index is 1.75. The van der Waals surface area contributed by atoms with Gasteiger partial charge in [0.2, 0.25) is 0 Å². The van der Waals surface area contributed by atoms with Crippen molar-refractivity contribution < 1.29 is 4.74 Å². The minimum absolute atomic E-state index is 0.617. The predicted octanol–water partition coefficient (Wildman–Crippen LogP) is 3.10. The number of hydrogen-bond donors (Lipinski definition) is 1. The van der Waals surface area contributed by atoms with Gasteiger partial charge in [0.1, 0.15) is 5.75 Å². The van der Waals surface area contributed by atoms with Crippen LogP contribution in [0.2, 0.25) is 0 Å². The van der Waals surface area contributed by atoms with Crippen LogP contribution < -0.4 is 10.1 Å². The molecule has 3 aromatic rings. The lowest BCUT2D eigenvalue weighted by Gasteiger charge is -2.00. The van der Waals surface area contributed by atoms with Crippen molar-refractivity contribution in [1.82, 2.24) is 15.2 Å². The van der Waals surface area contributed by atoms with Gasteiger partial charge in [-0.3, -0.25) is 0 Å². The molecule has 0 unspecified atom stereocenters. The summed E-state index contributed by atoms with van der Waals surface area (Å²) in [5, 5.41) is 12.0. The molecule has 0 saturated heterocycles. The first-order chi connectivity index (χ1) is 9.85. The van der Waals surface area contributed by atoms with Gasteiger partial charge < -0.3 is 10.1 Å².